The maximum absolute atomic E-state index is 15.1. The first kappa shape index (κ1) is 22.4. The average molecular weight is 453 g/mol. The summed E-state index contributed by atoms with van der Waals surface area (Å²) in [5.74, 6) is -2.22. The fraction of sp³-hybridized carbons (Fsp3) is 0.292. The fourth-order valence-corrected chi connectivity index (χ4v) is 4.28. The Labute approximate surface area is 189 Å². The highest BCUT2D eigenvalue weighted by Crippen LogP contribution is 2.36. The van der Waals surface area contributed by atoms with Crippen molar-refractivity contribution >= 4 is 17.6 Å². The second-order valence-corrected chi connectivity index (χ2v) is 8.31. The first-order valence-corrected chi connectivity index (χ1v) is 10.8. The van der Waals surface area contributed by atoms with Gasteiger partial charge in [-0.1, -0.05) is 25.0 Å². The summed E-state index contributed by atoms with van der Waals surface area (Å²) in [5, 5.41) is 7.11. The van der Waals surface area contributed by atoms with E-state index in [9.17, 15) is 14.0 Å². The normalized spacial score (nSPS) is 13.9. The van der Waals surface area contributed by atoms with E-state index in [0.717, 1.165) is 31.7 Å². The lowest BCUT2D eigenvalue weighted by molar-refractivity contribution is 0.0948. The number of carbonyl (C=O) groups excluding carboxylic acids is 2. The van der Waals surface area contributed by atoms with Crippen LogP contribution in [0.5, 0.6) is 0 Å². The number of rotatable bonds is 6. The number of hydrogen-bond acceptors (Lipinski definition) is 4. The number of nitrogens with two attached hydrogens (primary N) is 2. The molecule has 7 nitrogen and oxygen atoms in total. The molecule has 33 heavy (non-hydrogen) atoms. The largest absolute Gasteiger partial charge is 0.383 e. The Bertz CT molecular complexity index is 1230. The minimum absolute atomic E-state index is 0.00318. The summed E-state index contributed by atoms with van der Waals surface area (Å²) in [7, 11) is 0. The average Bonchev–Trinajstić information content (AvgIpc) is 3.41. The highest BCUT2D eigenvalue weighted by Gasteiger charge is 2.28. The molecule has 3 aromatic rings. The molecule has 0 bridgehead atoms. The Morgan fingerprint density at radius 3 is 2.55 bits per heavy atom. The van der Waals surface area contributed by atoms with Gasteiger partial charge in [-0.25, -0.2) is 13.5 Å². The molecule has 5 N–H and O–H groups in total. The predicted molar refractivity (Wildman–Crippen MR) is 120 cm³/mol. The summed E-state index contributed by atoms with van der Waals surface area (Å²) < 4.78 is 30.1. The van der Waals surface area contributed by atoms with E-state index in [1.165, 1.54) is 24.3 Å². The minimum Gasteiger partial charge on any atom is -0.383 e. The summed E-state index contributed by atoms with van der Waals surface area (Å²) in [6.45, 7) is 1.74. The number of nitrogens with zero attached hydrogens (tertiary/aromatic N) is 2. The minimum atomic E-state index is -0.770. The van der Waals surface area contributed by atoms with Crippen LogP contribution < -0.4 is 16.8 Å². The molecule has 0 unspecified atom stereocenters. The van der Waals surface area contributed by atoms with Crippen molar-refractivity contribution in [2.45, 2.75) is 45.2 Å². The van der Waals surface area contributed by atoms with Gasteiger partial charge in [0, 0.05) is 17.7 Å². The lowest BCUT2D eigenvalue weighted by Crippen LogP contribution is -2.23. The third-order valence-electron chi connectivity index (χ3n) is 6.05. The molecular weight excluding hydrogens is 428 g/mol. The third kappa shape index (κ3) is 4.44. The monoisotopic (exact) mass is 453 g/mol. The summed E-state index contributed by atoms with van der Waals surface area (Å²) in [6, 6.07) is 8.37. The van der Waals surface area contributed by atoms with Gasteiger partial charge in [-0.2, -0.15) is 5.10 Å². The Morgan fingerprint density at radius 2 is 1.88 bits per heavy atom. The topological polar surface area (TPSA) is 116 Å². The molecule has 172 valence electrons. The van der Waals surface area contributed by atoms with Gasteiger partial charge in [-0.15, -0.1) is 0 Å². The molecule has 1 aliphatic rings. The molecule has 0 radical (unpaired) electrons. The van der Waals surface area contributed by atoms with Gasteiger partial charge in [0.2, 0.25) is 0 Å². The predicted octanol–water partition coefficient (Wildman–Crippen LogP) is 3.86. The number of benzene rings is 2. The quantitative estimate of drug-likeness (QED) is 0.525. The summed E-state index contributed by atoms with van der Waals surface area (Å²) in [6.07, 6.45) is 3.84. The number of aromatic nitrogens is 2. The van der Waals surface area contributed by atoms with Crippen molar-refractivity contribution in [3.63, 3.8) is 0 Å². The first-order chi connectivity index (χ1) is 15.8. The Hall–Kier alpha value is -3.75. The second-order valence-electron chi connectivity index (χ2n) is 8.31. The molecule has 0 saturated heterocycles. The first-order valence-electron chi connectivity index (χ1n) is 10.8. The van der Waals surface area contributed by atoms with Gasteiger partial charge in [0.05, 0.1) is 6.04 Å². The van der Waals surface area contributed by atoms with E-state index >= 15 is 4.39 Å². The number of primary amides is 1. The molecule has 1 heterocycles. The maximum atomic E-state index is 15.1. The van der Waals surface area contributed by atoms with Crippen LogP contribution in [-0.4, -0.2) is 21.6 Å². The van der Waals surface area contributed by atoms with Crippen LogP contribution in [0, 0.1) is 18.6 Å². The van der Waals surface area contributed by atoms with Crippen molar-refractivity contribution < 1.29 is 18.4 Å². The number of halogens is 2. The van der Waals surface area contributed by atoms with Crippen molar-refractivity contribution in [1.29, 1.82) is 0 Å². The fourth-order valence-electron chi connectivity index (χ4n) is 4.28. The summed E-state index contributed by atoms with van der Waals surface area (Å²) in [5.41, 5.74) is 13.2. The Kier molecular flexibility index (Phi) is 6.13. The second kappa shape index (κ2) is 9.01. The Morgan fingerprint density at radius 1 is 1.15 bits per heavy atom. The lowest BCUT2D eigenvalue weighted by Gasteiger charge is -2.11. The number of amides is 2. The molecule has 2 amide bonds. The maximum Gasteiger partial charge on any atom is 0.254 e. The molecule has 2 aromatic carbocycles. The molecule has 1 aliphatic carbocycles. The standard InChI is InChI=1S/C24H25F2N5O2/c1-13-6-8-15(25)11-18(13)24(33)29-12-14-7-9-17(19(26)10-14)21-20(23(28)32)22(27)31(30-21)16-4-2-3-5-16/h6-11,16H,2-5,12,27H2,1H3,(H2,28,32)(H,29,33). The molecule has 1 aromatic heterocycles. The van der Waals surface area contributed by atoms with E-state index in [0.29, 0.717) is 11.1 Å². The van der Waals surface area contributed by atoms with Gasteiger partial charge in [0.15, 0.2) is 0 Å². The number of nitrogen functional groups attached to an aromatic ring is 1. The molecule has 0 atom stereocenters. The molecular formula is C24H25F2N5O2. The molecule has 0 spiro atoms. The van der Waals surface area contributed by atoms with E-state index in [1.807, 2.05) is 0 Å². The van der Waals surface area contributed by atoms with Crippen molar-refractivity contribution in [1.82, 2.24) is 15.1 Å². The number of hydrogen-bond donors (Lipinski definition) is 3. The van der Waals surface area contributed by atoms with Gasteiger partial charge in [-0.3, -0.25) is 9.59 Å². The van der Waals surface area contributed by atoms with E-state index in [1.54, 1.807) is 17.7 Å². The SMILES string of the molecule is Cc1ccc(F)cc1C(=O)NCc1ccc(-c2nn(C3CCCC3)c(N)c2C(N)=O)c(F)c1. The molecule has 1 saturated carbocycles. The van der Waals surface area contributed by atoms with E-state index in [-0.39, 0.29) is 40.8 Å². The molecule has 1 fully saturated rings. The van der Waals surface area contributed by atoms with Crippen molar-refractivity contribution in [3.8, 4) is 11.3 Å². The highest BCUT2D eigenvalue weighted by molar-refractivity contribution is 6.03. The van der Waals surface area contributed by atoms with Crippen LogP contribution in [0.1, 0.15) is 63.6 Å². The molecule has 0 aliphatic heterocycles. The highest BCUT2D eigenvalue weighted by atomic mass is 19.1. The van der Waals surface area contributed by atoms with Crippen LogP contribution in [0.3, 0.4) is 0 Å². The zero-order valence-corrected chi connectivity index (χ0v) is 18.2. The molecule has 9 heteroatoms. The van der Waals surface area contributed by atoms with E-state index in [2.05, 4.69) is 10.4 Å². The molecule has 4 rings (SSSR count). The van der Waals surface area contributed by atoms with Crippen LogP contribution in [-0.2, 0) is 6.54 Å². The van der Waals surface area contributed by atoms with Crippen LogP contribution in [0.15, 0.2) is 36.4 Å². The summed E-state index contributed by atoms with van der Waals surface area (Å²) >= 11 is 0. The lowest BCUT2D eigenvalue weighted by atomic mass is 10.0. The number of carbonyl (C=O) groups is 2. The number of anilines is 1. The zero-order chi connectivity index (χ0) is 23.7. The van der Waals surface area contributed by atoms with Gasteiger partial charge < -0.3 is 16.8 Å². The smallest absolute Gasteiger partial charge is 0.254 e. The van der Waals surface area contributed by atoms with Crippen LogP contribution in [0.25, 0.3) is 11.3 Å². The zero-order valence-electron chi connectivity index (χ0n) is 18.2. The summed E-state index contributed by atoms with van der Waals surface area (Å²) in [4.78, 5) is 24.5. The van der Waals surface area contributed by atoms with Gasteiger partial charge in [0.25, 0.3) is 11.8 Å². The van der Waals surface area contributed by atoms with E-state index in [4.69, 9.17) is 11.5 Å². The van der Waals surface area contributed by atoms with Crippen LogP contribution in [0.4, 0.5) is 14.6 Å². The number of aryl methyl sites for hydroxylation is 1. The van der Waals surface area contributed by atoms with Crippen LogP contribution in [0.2, 0.25) is 0 Å². The van der Waals surface area contributed by atoms with E-state index < -0.39 is 23.4 Å². The van der Waals surface area contributed by atoms with Gasteiger partial charge in [-0.05, 0) is 55.2 Å². The third-order valence-corrected chi connectivity index (χ3v) is 6.05. The van der Waals surface area contributed by atoms with Crippen molar-refractivity contribution in [2.75, 3.05) is 5.73 Å². The van der Waals surface area contributed by atoms with Crippen LogP contribution >= 0.6 is 0 Å². The number of nitrogens with one attached hydrogen (secondary N) is 1. The van der Waals surface area contributed by atoms with Gasteiger partial charge in [0.1, 0.15) is 28.7 Å². The van der Waals surface area contributed by atoms with Crippen molar-refractivity contribution in [2.24, 2.45) is 5.73 Å². The van der Waals surface area contributed by atoms with Gasteiger partial charge >= 0.3 is 0 Å². The Balaban J connectivity index is 1.58. The van der Waals surface area contributed by atoms with Crippen molar-refractivity contribution in [3.05, 3.63) is 70.3 Å².